The summed E-state index contributed by atoms with van der Waals surface area (Å²) in [5.74, 6) is 1.76. The zero-order valence-corrected chi connectivity index (χ0v) is 18.9. The van der Waals surface area contributed by atoms with Gasteiger partial charge in [0.05, 0.1) is 6.61 Å². The Bertz CT molecular complexity index is 887. The molecule has 0 aromatic heterocycles. The molecule has 2 aromatic carbocycles. The van der Waals surface area contributed by atoms with Gasteiger partial charge in [-0.25, -0.2) is 0 Å². The largest absolute Gasteiger partial charge is 0.494 e. The maximum Gasteiger partial charge on any atom is 0.253 e. The quantitative estimate of drug-likeness (QED) is 0.525. The number of hydrogen-bond donors (Lipinski definition) is 2. The average molecular weight is 423 g/mol. The number of amides is 1. The maximum absolute atomic E-state index is 12.6. The number of carbonyl (C=O) groups excluding carboxylic acids is 1. The van der Waals surface area contributed by atoms with Gasteiger partial charge in [-0.05, 0) is 62.4 Å². The fraction of sp³-hybridized carbons (Fsp3) is 0.440. The molecule has 2 aromatic rings. The molecule has 0 atom stereocenters. The lowest BCUT2D eigenvalue weighted by Gasteiger charge is -2.26. The van der Waals surface area contributed by atoms with E-state index in [-0.39, 0.29) is 5.91 Å². The third kappa shape index (κ3) is 6.48. The van der Waals surface area contributed by atoms with Crippen LogP contribution in [0.1, 0.15) is 53.2 Å². The smallest absolute Gasteiger partial charge is 0.253 e. The number of hydrogen-bond acceptors (Lipinski definition) is 3. The molecule has 0 spiro atoms. The van der Waals surface area contributed by atoms with Crippen molar-refractivity contribution in [1.82, 2.24) is 15.5 Å². The number of benzene rings is 2. The van der Waals surface area contributed by atoms with E-state index in [1.807, 2.05) is 36.1 Å². The van der Waals surface area contributed by atoms with Crippen LogP contribution in [-0.2, 0) is 13.1 Å². The molecule has 0 saturated carbocycles. The molecule has 3 rings (SSSR count). The minimum Gasteiger partial charge on any atom is -0.494 e. The van der Waals surface area contributed by atoms with E-state index < -0.39 is 0 Å². The number of aryl methyl sites for hydroxylation is 1. The molecule has 1 saturated heterocycles. The minimum absolute atomic E-state index is 0.139. The third-order valence-electron chi connectivity index (χ3n) is 5.50. The van der Waals surface area contributed by atoms with E-state index in [0.717, 1.165) is 54.3 Å². The fourth-order valence-corrected chi connectivity index (χ4v) is 3.73. The van der Waals surface area contributed by atoms with Crippen molar-refractivity contribution in [2.24, 2.45) is 4.99 Å². The summed E-state index contributed by atoms with van der Waals surface area (Å²) in [6.45, 7) is 7.69. The van der Waals surface area contributed by atoms with E-state index in [1.165, 1.54) is 12.0 Å². The molecule has 0 radical (unpaired) electrons. The van der Waals surface area contributed by atoms with E-state index in [0.29, 0.717) is 19.7 Å². The van der Waals surface area contributed by atoms with E-state index in [9.17, 15) is 4.79 Å². The van der Waals surface area contributed by atoms with E-state index in [1.54, 1.807) is 7.05 Å². The van der Waals surface area contributed by atoms with Crippen LogP contribution in [0, 0.1) is 6.92 Å². The number of carbonyl (C=O) groups is 1. The minimum atomic E-state index is 0.139. The van der Waals surface area contributed by atoms with E-state index >= 15 is 0 Å². The highest BCUT2D eigenvalue weighted by Crippen LogP contribution is 2.20. The molecule has 1 amide bonds. The van der Waals surface area contributed by atoms with Crippen LogP contribution in [0.15, 0.2) is 47.5 Å². The third-order valence-corrected chi connectivity index (χ3v) is 5.50. The van der Waals surface area contributed by atoms with Crippen LogP contribution in [0.25, 0.3) is 0 Å². The zero-order valence-electron chi connectivity index (χ0n) is 18.9. The fourth-order valence-electron chi connectivity index (χ4n) is 3.73. The lowest BCUT2D eigenvalue weighted by atomic mass is 10.1. The SMILES string of the molecule is CCOc1cc(C)ccc1CNC(=NC)NCc1ccc(C(=O)N2CCCCC2)cc1. The summed E-state index contributed by atoms with van der Waals surface area (Å²) in [6, 6.07) is 14.1. The molecular formula is C25H34N4O2. The zero-order chi connectivity index (χ0) is 22.1. The number of guanidine groups is 1. The first-order valence-electron chi connectivity index (χ1n) is 11.2. The number of piperidine rings is 1. The van der Waals surface area contributed by atoms with Crippen LogP contribution in [0.3, 0.4) is 0 Å². The van der Waals surface area contributed by atoms with Gasteiger partial charge in [0.25, 0.3) is 5.91 Å². The Hall–Kier alpha value is -3.02. The molecule has 1 fully saturated rings. The Morgan fingerprint density at radius 2 is 1.74 bits per heavy atom. The summed E-state index contributed by atoms with van der Waals surface area (Å²) in [7, 11) is 1.76. The van der Waals surface area contributed by atoms with Gasteiger partial charge >= 0.3 is 0 Å². The Morgan fingerprint density at radius 1 is 1.03 bits per heavy atom. The number of likely N-dealkylation sites (tertiary alicyclic amines) is 1. The predicted octanol–water partition coefficient (Wildman–Crippen LogP) is 3.89. The summed E-state index contributed by atoms with van der Waals surface area (Å²) in [4.78, 5) is 18.9. The molecule has 2 N–H and O–H groups in total. The Balaban J connectivity index is 1.52. The van der Waals surface area contributed by atoms with Gasteiger partial charge in [-0.15, -0.1) is 0 Å². The molecule has 1 heterocycles. The lowest BCUT2D eigenvalue weighted by molar-refractivity contribution is 0.0724. The lowest BCUT2D eigenvalue weighted by Crippen LogP contribution is -2.36. The molecule has 1 aliphatic rings. The van der Waals surface area contributed by atoms with E-state index in [4.69, 9.17) is 4.74 Å². The standard InChI is InChI=1S/C25H34N4O2/c1-4-31-23-16-19(2)8-11-22(23)18-28-25(26-3)27-17-20-9-12-21(13-10-20)24(30)29-14-6-5-7-15-29/h8-13,16H,4-7,14-15,17-18H2,1-3H3,(H2,26,27,28). The number of nitrogens with one attached hydrogen (secondary N) is 2. The second-order valence-electron chi connectivity index (χ2n) is 7.87. The molecule has 0 unspecified atom stereocenters. The van der Waals surface area contributed by atoms with Crippen LogP contribution in [0.4, 0.5) is 0 Å². The normalized spacial score (nSPS) is 14.3. The summed E-state index contributed by atoms with van der Waals surface area (Å²) >= 11 is 0. The topological polar surface area (TPSA) is 66.0 Å². The highest BCUT2D eigenvalue weighted by Gasteiger charge is 2.17. The number of rotatable bonds is 7. The van der Waals surface area contributed by atoms with Crippen molar-refractivity contribution in [1.29, 1.82) is 0 Å². The van der Waals surface area contributed by atoms with Crippen molar-refractivity contribution in [2.75, 3.05) is 26.7 Å². The number of aliphatic imine (C=N–C) groups is 1. The van der Waals surface area contributed by atoms with Crippen molar-refractivity contribution in [3.8, 4) is 5.75 Å². The molecule has 0 bridgehead atoms. The summed E-state index contributed by atoms with van der Waals surface area (Å²) in [5.41, 5.74) is 4.13. The van der Waals surface area contributed by atoms with Gasteiger partial charge in [-0.1, -0.05) is 24.3 Å². The van der Waals surface area contributed by atoms with Gasteiger partial charge in [0.15, 0.2) is 5.96 Å². The second-order valence-corrected chi connectivity index (χ2v) is 7.87. The molecule has 1 aliphatic heterocycles. The molecule has 166 valence electrons. The van der Waals surface area contributed by atoms with Crippen molar-refractivity contribution in [3.05, 3.63) is 64.7 Å². The summed E-state index contributed by atoms with van der Waals surface area (Å²) < 4.78 is 5.76. The van der Waals surface area contributed by atoms with Crippen molar-refractivity contribution >= 4 is 11.9 Å². The van der Waals surface area contributed by atoms with Crippen LogP contribution >= 0.6 is 0 Å². The molecule has 0 aliphatic carbocycles. The van der Waals surface area contributed by atoms with Crippen LogP contribution in [0.2, 0.25) is 0 Å². The molecule has 6 heteroatoms. The van der Waals surface area contributed by atoms with Crippen LogP contribution in [0.5, 0.6) is 5.75 Å². The highest BCUT2D eigenvalue weighted by molar-refractivity contribution is 5.94. The summed E-state index contributed by atoms with van der Waals surface area (Å²) in [5, 5.41) is 6.68. The van der Waals surface area contributed by atoms with Gasteiger partial charge < -0.3 is 20.3 Å². The first kappa shape index (κ1) is 22.7. The Kier molecular flexibility index (Phi) is 8.33. The first-order chi connectivity index (χ1) is 15.1. The van der Waals surface area contributed by atoms with Crippen LogP contribution in [-0.4, -0.2) is 43.5 Å². The number of nitrogens with zero attached hydrogens (tertiary/aromatic N) is 2. The molecular weight excluding hydrogens is 388 g/mol. The van der Waals surface area contributed by atoms with Gasteiger partial charge in [0, 0.05) is 44.4 Å². The van der Waals surface area contributed by atoms with Crippen molar-refractivity contribution in [3.63, 3.8) is 0 Å². The van der Waals surface area contributed by atoms with Gasteiger partial charge in [-0.3, -0.25) is 9.79 Å². The Labute approximate surface area is 185 Å². The number of ether oxygens (including phenoxy) is 1. The second kappa shape index (κ2) is 11.4. The van der Waals surface area contributed by atoms with Gasteiger partial charge in [-0.2, -0.15) is 0 Å². The van der Waals surface area contributed by atoms with Gasteiger partial charge in [0.1, 0.15) is 5.75 Å². The maximum atomic E-state index is 12.6. The van der Waals surface area contributed by atoms with E-state index in [2.05, 4.69) is 40.7 Å². The predicted molar refractivity (Wildman–Crippen MR) is 126 cm³/mol. The average Bonchev–Trinajstić information content (AvgIpc) is 2.81. The van der Waals surface area contributed by atoms with Gasteiger partial charge in [0.2, 0.25) is 0 Å². The summed E-state index contributed by atoms with van der Waals surface area (Å²) in [6.07, 6.45) is 3.43. The molecule has 6 nitrogen and oxygen atoms in total. The Morgan fingerprint density at radius 3 is 2.42 bits per heavy atom. The van der Waals surface area contributed by atoms with Crippen molar-refractivity contribution in [2.45, 2.75) is 46.2 Å². The highest BCUT2D eigenvalue weighted by atomic mass is 16.5. The van der Waals surface area contributed by atoms with Crippen molar-refractivity contribution < 1.29 is 9.53 Å². The molecule has 31 heavy (non-hydrogen) atoms. The van der Waals surface area contributed by atoms with Crippen LogP contribution < -0.4 is 15.4 Å². The monoisotopic (exact) mass is 422 g/mol. The first-order valence-corrected chi connectivity index (χ1v) is 11.2.